The van der Waals surface area contributed by atoms with Gasteiger partial charge in [-0.05, 0) is 91.5 Å². The molecule has 0 radical (unpaired) electrons. The van der Waals surface area contributed by atoms with E-state index < -0.39 is 8.07 Å². The van der Waals surface area contributed by atoms with E-state index in [0.29, 0.717) is 59.7 Å². The average Bonchev–Trinajstić information content (AvgIpc) is 3.54. The predicted octanol–water partition coefficient (Wildman–Crippen LogP) is 9.41. The zero-order chi connectivity index (χ0) is 43.3. The summed E-state index contributed by atoms with van der Waals surface area (Å²) < 4.78 is 25.1. The van der Waals surface area contributed by atoms with Gasteiger partial charge in [0.1, 0.15) is 11.5 Å². The molecule has 12 heteroatoms. The number of aromatic nitrogens is 1. The van der Waals surface area contributed by atoms with Gasteiger partial charge in [-0.1, -0.05) is 73.7 Å². The van der Waals surface area contributed by atoms with Crippen molar-refractivity contribution >= 4 is 37.2 Å². The lowest BCUT2D eigenvalue weighted by Crippen LogP contribution is -2.52. The summed E-state index contributed by atoms with van der Waals surface area (Å²) in [5.74, 6) is 1.07. The molecule has 10 nitrogen and oxygen atoms in total. The van der Waals surface area contributed by atoms with Crippen LogP contribution in [0.3, 0.4) is 0 Å². The molecular weight excluding hydrogens is 804 g/mol. The van der Waals surface area contributed by atoms with Crippen molar-refractivity contribution in [2.75, 3.05) is 58.3 Å². The molecule has 7 rings (SSSR count). The lowest BCUT2D eigenvalue weighted by Gasteiger charge is -2.40. The standard InChI is InChI=1S/C49H59ClN4O6Si/c1-34-26-39(50)28-44(49(56)54-30-37-13-9-8-12-36(37)27-41(54)32-52-20-22-58-23-21-52)47(34)45-29-43(35(2)51(45)3)48(55)53(31-38-14-10-11-15-46(38)57-4)40-16-18-42(19-17-40)60-33-59-24-25-61(5,6)7/h8-19,26,28-29,41H,20-25,27,30-33H2,1-7H3/t41-/m0/s1. The third-order valence-electron chi connectivity index (χ3n) is 12.0. The fourth-order valence-electron chi connectivity index (χ4n) is 8.33. The van der Waals surface area contributed by atoms with Gasteiger partial charge in [0, 0.05) is 87.2 Å². The molecule has 0 saturated carbocycles. The van der Waals surface area contributed by atoms with E-state index in [4.69, 9.17) is 30.5 Å². The van der Waals surface area contributed by atoms with Gasteiger partial charge < -0.3 is 33.3 Å². The highest BCUT2D eigenvalue weighted by molar-refractivity contribution is 6.76. The van der Waals surface area contributed by atoms with E-state index >= 15 is 9.59 Å². The van der Waals surface area contributed by atoms with Crippen LogP contribution in [0.25, 0.3) is 11.3 Å². The van der Waals surface area contributed by atoms with Gasteiger partial charge >= 0.3 is 0 Å². The minimum Gasteiger partial charge on any atom is -0.496 e. The molecule has 1 aromatic heterocycles. The van der Waals surface area contributed by atoms with E-state index in [1.54, 1.807) is 18.1 Å². The van der Waals surface area contributed by atoms with E-state index in [2.05, 4.69) is 42.7 Å². The number of methoxy groups -OCH3 is 1. The number of amides is 2. The quantitative estimate of drug-likeness (QED) is 0.0590. The van der Waals surface area contributed by atoms with Crippen LogP contribution >= 0.6 is 11.6 Å². The van der Waals surface area contributed by atoms with Crippen molar-refractivity contribution in [2.45, 2.75) is 65.1 Å². The number of hydrogen-bond acceptors (Lipinski definition) is 7. The molecule has 1 atom stereocenters. The van der Waals surface area contributed by atoms with Crippen LogP contribution in [0.4, 0.5) is 5.69 Å². The lowest BCUT2D eigenvalue weighted by molar-refractivity contribution is 0.0192. The van der Waals surface area contributed by atoms with Crippen molar-refractivity contribution in [1.82, 2.24) is 14.4 Å². The zero-order valence-corrected chi connectivity index (χ0v) is 38.4. The molecule has 3 heterocycles. The van der Waals surface area contributed by atoms with Crippen LogP contribution < -0.4 is 14.4 Å². The molecule has 1 saturated heterocycles. The molecule has 4 aromatic carbocycles. The number of hydrogen-bond donors (Lipinski definition) is 0. The number of para-hydroxylation sites is 1. The molecular formula is C49H59ClN4O6Si. The monoisotopic (exact) mass is 862 g/mol. The Bertz CT molecular complexity index is 2330. The minimum absolute atomic E-state index is 0.0391. The van der Waals surface area contributed by atoms with Crippen LogP contribution in [0, 0.1) is 13.8 Å². The summed E-state index contributed by atoms with van der Waals surface area (Å²) in [6, 6.07) is 30.3. The smallest absolute Gasteiger partial charge is 0.260 e. The normalized spacial score (nSPS) is 15.7. The maximum atomic E-state index is 15.1. The second-order valence-electron chi connectivity index (χ2n) is 17.4. The number of benzene rings is 4. The number of nitrogens with zero attached hydrogens (tertiary/aromatic N) is 4. The number of halogens is 1. The van der Waals surface area contributed by atoms with E-state index in [9.17, 15) is 0 Å². The van der Waals surface area contributed by atoms with Crippen molar-refractivity contribution < 1.29 is 28.5 Å². The van der Waals surface area contributed by atoms with Crippen LogP contribution in [-0.4, -0.2) is 93.7 Å². The van der Waals surface area contributed by atoms with Gasteiger partial charge in [-0.15, -0.1) is 0 Å². The first-order valence-corrected chi connectivity index (χ1v) is 25.3. The Hall–Kier alpha value is -4.91. The fourth-order valence-corrected chi connectivity index (χ4v) is 9.36. The Morgan fingerprint density at radius 2 is 1.61 bits per heavy atom. The predicted molar refractivity (Wildman–Crippen MR) is 246 cm³/mol. The molecule has 0 unspecified atom stereocenters. The molecule has 0 bridgehead atoms. The highest BCUT2D eigenvalue weighted by Crippen LogP contribution is 2.37. The van der Waals surface area contributed by atoms with E-state index in [-0.39, 0.29) is 31.2 Å². The summed E-state index contributed by atoms with van der Waals surface area (Å²) in [6.07, 6.45) is 0.762. The van der Waals surface area contributed by atoms with E-state index in [1.165, 1.54) is 5.56 Å². The second kappa shape index (κ2) is 19.4. The molecule has 0 N–H and O–H groups in total. The first kappa shape index (κ1) is 44.2. The molecule has 61 heavy (non-hydrogen) atoms. The SMILES string of the molecule is COc1ccccc1CN(C(=O)c1cc(-c2c(C)cc(Cl)cc2C(=O)N2Cc3ccccc3C[C@H]2CN2CCOCC2)n(C)c1C)c1ccc(OCOCC[Si](C)(C)C)cc1. The van der Waals surface area contributed by atoms with Crippen molar-refractivity contribution in [3.8, 4) is 22.8 Å². The number of anilines is 1. The summed E-state index contributed by atoms with van der Waals surface area (Å²) in [6.45, 7) is 16.3. The minimum atomic E-state index is -1.21. The Morgan fingerprint density at radius 1 is 0.902 bits per heavy atom. The number of fused-ring (bicyclic) bond motifs is 1. The first-order chi connectivity index (χ1) is 29.3. The number of carbonyl (C=O) groups is 2. The molecule has 2 amide bonds. The first-order valence-electron chi connectivity index (χ1n) is 21.2. The highest BCUT2D eigenvalue weighted by Gasteiger charge is 2.35. The topological polar surface area (TPSA) is 85.7 Å². The maximum Gasteiger partial charge on any atom is 0.260 e. The van der Waals surface area contributed by atoms with E-state index in [0.717, 1.165) is 65.7 Å². The van der Waals surface area contributed by atoms with Crippen LogP contribution in [0.15, 0.2) is 91.0 Å². The summed E-state index contributed by atoms with van der Waals surface area (Å²) in [5, 5.41) is 0.488. The Morgan fingerprint density at radius 3 is 2.33 bits per heavy atom. The van der Waals surface area contributed by atoms with Gasteiger partial charge in [-0.25, -0.2) is 0 Å². The van der Waals surface area contributed by atoms with Gasteiger partial charge in [0.15, 0.2) is 6.79 Å². The molecule has 322 valence electrons. The van der Waals surface area contributed by atoms with Crippen molar-refractivity contribution in [2.24, 2.45) is 7.05 Å². The van der Waals surface area contributed by atoms with Crippen LogP contribution in [0.5, 0.6) is 11.5 Å². The third-order valence-corrected chi connectivity index (χ3v) is 13.9. The van der Waals surface area contributed by atoms with Crippen molar-refractivity contribution in [1.29, 1.82) is 0 Å². The molecule has 5 aromatic rings. The van der Waals surface area contributed by atoms with E-state index in [1.807, 2.05) is 97.1 Å². The van der Waals surface area contributed by atoms with Crippen LogP contribution in [0.2, 0.25) is 30.7 Å². The highest BCUT2D eigenvalue weighted by atomic mass is 35.5. The third kappa shape index (κ3) is 10.4. The molecule has 0 spiro atoms. The lowest BCUT2D eigenvalue weighted by atomic mass is 9.91. The summed E-state index contributed by atoms with van der Waals surface area (Å²) in [5.41, 5.74) is 8.16. The van der Waals surface area contributed by atoms with Gasteiger partial charge in [-0.3, -0.25) is 14.5 Å². The van der Waals surface area contributed by atoms with Gasteiger partial charge in [0.2, 0.25) is 0 Å². The average molecular weight is 864 g/mol. The van der Waals surface area contributed by atoms with Crippen molar-refractivity contribution in [3.05, 3.63) is 135 Å². The number of rotatable bonds is 15. The second-order valence-corrected chi connectivity index (χ2v) is 23.4. The fraction of sp³-hybridized carbons (Fsp3) is 0.388. The van der Waals surface area contributed by atoms with Gasteiger partial charge in [-0.2, -0.15) is 0 Å². The Balaban J connectivity index is 1.22. The molecule has 2 aliphatic heterocycles. The number of morpholine rings is 1. The summed E-state index contributed by atoms with van der Waals surface area (Å²) >= 11 is 6.79. The number of aryl methyl sites for hydroxylation is 1. The number of ether oxygens (including phenoxy) is 4. The molecule has 2 aliphatic rings. The zero-order valence-electron chi connectivity index (χ0n) is 36.6. The van der Waals surface area contributed by atoms with Crippen LogP contribution in [0.1, 0.15) is 48.7 Å². The molecule has 0 aliphatic carbocycles. The number of carbonyl (C=O) groups excluding carboxylic acids is 2. The maximum absolute atomic E-state index is 15.1. The largest absolute Gasteiger partial charge is 0.496 e. The summed E-state index contributed by atoms with van der Waals surface area (Å²) in [4.78, 5) is 36.4. The van der Waals surface area contributed by atoms with Crippen molar-refractivity contribution in [3.63, 3.8) is 0 Å². The Labute approximate surface area is 366 Å². The Kier molecular flexibility index (Phi) is 14.1. The van der Waals surface area contributed by atoms with Gasteiger partial charge in [0.05, 0.1) is 38.0 Å². The summed E-state index contributed by atoms with van der Waals surface area (Å²) in [7, 11) is 2.38. The van der Waals surface area contributed by atoms with Gasteiger partial charge in [0.25, 0.3) is 11.8 Å². The molecule has 1 fully saturated rings. The van der Waals surface area contributed by atoms with Crippen LogP contribution in [-0.2, 0) is 36.0 Å².